The summed E-state index contributed by atoms with van der Waals surface area (Å²) < 4.78 is 66.7. The summed E-state index contributed by atoms with van der Waals surface area (Å²) >= 11 is 0. The van der Waals surface area contributed by atoms with Crippen LogP contribution in [0.15, 0.2) is 71.2 Å². The van der Waals surface area contributed by atoms with Crippen LogP contribution in [-0.2, 0) is 19.1 Å². The molecule has 0 fully saturated rings. The zero-order chi connectivity index (χ0) is 25.9. The fourth-order valence-corrected chi connectivity index (χ4v) is 3.64. The smallest absolute Gasteiger partial charge is 0.466 e. The summed E-state index contributed by atoms with van der Waals surface area (Å²) in [5.41, 5.74) is 4.64. The lowest BCUT2D eigenvalue weighted by Gasteiger charge is -2.36. The molecule has 0 aliphatic carbocycles. The van der Waals surface area contributed by atoms with Crippen molar-refractivity contribution in [2.75, 3.05) is 19.1 Å². The van der Waals surface area contributed by atoms with Gasteiger partial charge >= 0.3 is 18.3 Å². The Morgan fingerprint density at radius 2 is 1.69 bits per heavy atom. The highest BCUT2D eigenvalue weighted by atomic mass is 19.4. The number of nitriles is 1. The van der Waals surface area contributed by atoms with Gasteiger partial charge in [-0.15, -0.1) is 13.2 Å². The first-order valence-corrected chi connectivity index (χ1v) is 9.75. The molecule has 1 heterocycles. The molecule has 0 spiro atoms. The van der Waals surface area contributed by atoms with Gasteiger partial charge in [-0.1, -0.05) is 30.3 Å². The Kier molecular flexibility index (Phi) is 7.00. The number of nitrogens with two attached hydrogens (primary N) is 1. The van der Waals surface area contributed by atoms with Crippen LogP contribution in [0.5, 0.6) is 5.75 Å². The number of allylic oxidation sites excluding steroid dienone is 1. The zero-order valence-corrected chi connectivity index (χ0v) is 18.2. The number of halogens is 4. The first kappa shape index (κ1) is 25.1. The van der Waals surface area contributed by atoms with Gasteiger partial charge in [0.25, 0.3) is 0 Å². The molecule has 2 aromatic carbocycles. The minimum absolute atomic E-state index is 0.286. The van der Waals surface area contributed by atoms with E-state index in [1.165, 1.54) is 0 Å². The van der Waals surface area contributed by atoms with E-state index in [1.807, 2.05) is 6.07 Å². The number of hydrogen-bond donors (Lipinski definition) is 1. The van der Waals surface area contributed by atoms with E-state index in [9.17, 15) is 32.4 Å². The first-order valence-electron chi connectivity index (χ1n) is 9.75. The molecule has 0 bridgehead atoms. The maximum absolute atomic E-state index is 13.9. The van der Waals surface area contributed by atoms with E-state index in [1.54, 1.807) is 30.3 Å². The van der Waals surface area contributed by atoms with Crippen LogP contribution < -0.4 is 15.4 Å². The number of esters is 2. The van der Waals surface area contributed by atoms with Crippen molar-refractivity contribution in [3.05, 3.63) is 82.6 Å². The molecule has 0 saturated carbocycles. The molecule has 2 aromatic rings. The second kappa shape index (κ2) is 9.76. The molecule has 12 heteroatoms. The lowest BCUT2D eigenvalue weighted by molar-refractivity contribution is -0.274. The molecule has 3 rings (SSSR count). The van der Waals surface area contributed by atoms with Crippen LogP contribution in [0.3, 0.4) is 0 Å². The van der Waals surface area contributed by atoms with Gasteiger partial charge in [-0.25, -0.2) is 14.0 Å². The molecule has 0 amide bonds. The SMILES string of the molecule is COC(=O)C1=C(C(=O)OC)N(c2ccc(F)cc2OC(F)(F)F)C(N)=C(C#N)C1c1ccccc1. The molecule has 2 N–H and O–H groups in total. The van der Waals surface area contributed by atoms with Crippen molar-refractivity contribution in [2.45, 2.75) is 12.3 Å². The summed E-state index contributed by atoms with van der Waals surface area (Å²) in [6.45, 7) is 0. The monoisotopic (exact) mass is 491 g/mol. The minimum Gasteiger partial charge on any atom is -0.466 e. The second-order valence-electron chi connectivity index (χ2n) is 7.00. The number of rotatable bonds is 5. The highest BCUT2D eigenvalue weighted by Crippen LogP contribution is 2.46. The number of benzene rings is 2. The van der Waals surface area contributed by atoms with E-state index < -0.39 is 58.6 Å². The van der Waals surface area contributed by atoms with Gasteiger partial charge in [0, 0.05) is 6.07 Å². The average Bonchev–Trinajstić information content (AvgIpc) is 2.82. The molecule has 0 aromatic heterocycles. The molecule has 182 valence electrons. The van der Waals surface area contributed by atoms with E-state index >= 15 is 0 Å². The Morgan fingerprint density at radius 3 is 2.23 bits per heavy atom. The van der Waals surface area contributed by atoms with Gasteiger partial charge in [0.2, 0.25) is 0 Å². The van der Waals surface area contributed by atoms with Crippen LogP contribution in [0, 0.1) is 17.1 Å². The molecular formula is C23H17F4N3O5. The van der Waals surface area contributed by atoms with Gasteiger partial charge in [-0.3, -0.25) is 4.90 Å². The Morgan fingerprint density at radius 1 is 1.06 bits per heavy atom. The number of carbonyl (C=O) groups is 2. The summed E-state index contributed by atoms with van der Waals surface area (Å²) in [4.78, 5) is 26.5. The lowest BCUT2D eigenvalue weighted by atomic mass is 9.81. The van der Waals surface area contributed by atoms with Crippen molar-refractivity contribution in [1.29, 1.82) is 5.26 Å². The van der Waals surface area contributed by atoms with E-state index in [-0.39, 0.29) is 5.57 Å². The Hall–Kier alpha value is -4.53. The predicted molar refractivity (Wildman–Crippen MR) is 113 cm³/mol. The number of anilines is 1. The standard InChI is InChI=1S/C23H17F4N3O5/c1-33-21(31)18-17(12-6-4-3-5-7-12)14(11-28)20(29)30(19(18)22(32)34-2)15-9-8-13(24)10-16(15)35-23(25,26)27/h3-10,17H,29H2,1-2H3. The number of nitrogens with zero attached hydrogens (tertiary/aromatic N) is 2. The van der Waals surface area contributed by atoms with Crippen molar-refractivity contribution in [1.82, 2.24) is 0 Å². The molecule has 35 heavy (non-hydrogen) atoms. The third kappa shape index (κ3) is 4.89. The van der Waals surface area contributed by atoms with Gasteiger partial charge in [0.15, 0.2) is 5.75 Å². The lowest BCUT2D eigenvalue weighted by Crippen LogP contribution is -2.41. The Labute approximate surface area is 196 Å². The van der Waals surface area contributed by atoms with E-state index in [0.717, 1.165) is 26.4 Å². The fraction of sp³-hybridized carbons (Fsp3) is 0.174. The van der Waals surface area contributed by atoms with Gasteiger partial charge in [-0.05, 0) is 17.7 Å². The van der Waals surface area contributed by atoms with Crippen LogP contribution in [0.25, 0.3) is 0 Å². The Balaban J connectivity index is 2.44. The molecule has 0 radical (unpaired) electrons. The van der Waals surface area contributed by atoms with Gasteiger partial charge in [0.1, 0.15) is 17.3 Å². The third-order valence-electron chi connectivity index (χ3n) is 5.00. The molecule has 1 aliphatic heterocycles. The van der Waals surface area contributed by atoms with Crippen LogP contribution in [-0.4, -0.2) is 32.5 Å². The van der Waals surface area contributed by atoms with Crippen molar-refractivity contribution >= 4 is 17.6 Å². The Bertz CT molecular complexity index is 1270. The summed E-state index contributed by atoms with van der Waals surface area (Å²) in [7, 11) is 1.98. The fourth-order valence-electron chi connectivity index (χ4n) is 3.64. The number of carbonyl (C=O) groups excluding carboxylic acids is 2. The number of ether oxygens (including phenoxy) is 3. The normalized spacial score (nSPS) is 16.0. The largest absolute Gasteiger partial charge is 0.573 e. The third-order valence-corrected chi connectivity index (χ3v) is 5.00. The molecule has 1 atom stereocenters. The first-order chi connectivity index (χ1) is 16.5. The minimum atomic E-state index is -5.25. The summed E-state index contributed by atoms with van der Waals surface area (Å²) in [6.07, 6.45) is -5.25. The highest BCUT2D eigenvalue weighted by Gasteiger charge is 2.44. The zero-order valence-electron chi connectivity index (χ0n) is 18.2. The molecular weight excluding hydrogens is 474 g/mol. The molecule has 1 aliphatic rings. The van der Waals surface area contributed by atoms with Gasteiger partial charge < -0.3 is 19.9 Å². The number of alkyl halides is 3. The topological polar surface area (TPSA) is 115 Å². The number of hydrogen-bond acceptors (Lipinski definition) is 8. The van der Waals surface area contributed by atoms with Crippen molar-refractivity contribution in [3.63, 3.8) is 0 Å². The summed E-state index contributed by atoms with van der Waals surface area (Å²) in [6, 6.07) is 11.9. The average molecular weight is 491 g/mol. The van der Waals surface area contributed by atoms with Crippen LogP contribution in [0.2, 0.25) is 0 Å². The van der Waals surface area contributed by atoms with Gasteiger partial charge in [0.05, 0.1) is 43.0 Å². The molecule has 0 saturated heterocycles. The van der Waals surface area contributed by atoms with E-state index in [0.29, 0.717) is 16.5 Å². The quantitative estimate of drug-likeness (QED) is 0.498. The summed E-state index contributed by atoms with van der Waals surface area (Å²) in [5.74, 6) is -6.17. The van der Waals surface area contributed by atoms with Crippen LogP contribution in [0.1, 0.15) is 11.5 Å². The second-order valence-corrected chi connectivity index (χ2v) is 7.00. The highest BCUT2D eigenvalue weighted by molar-refractivity contribution is 6.06. The molecule has 1 unspecified atom stereocenters. The van der Waals surface area contributed by atoms with Crippen molar-refractivity contribution in [3.8, 4) is 11.8 Å². The van der Waals surface area contributed by atoms with Crippen molar-refractivity contribution in [2.24, 2.45) is 5.73 Å². The van der Waals surface area contributed by atoms with Crippen molar-refractivity contribution < 1.29 is 41.4 Å². The maximum atomic E-state index is 13.9. The predicted octanol–water partition coefficient (Wildman–Crippen LogP) is 3.62. The maximum Gasteiger partial charge on any atom is 0.573 e. The van der Waals surface area contributed by atoms with E-state index in [2.05, 4.69) is 4.74 Å². The van der Waals surface area contributed by atoms with Crippen LogP contribution in [0.4, 0.5) is 23.2 Å². The van der Waals surface area contributed by atoms with Gasteiger partial charge in [-0.2, -0.15) is 5.26 Å². The van der Waals surface area contributed by atoms with E-state index in [4.69, 9.17) is 15.2 Å². The molecule has 8 nitrogen and oxygen atoms in total. The number of methoxy groups -OCH3 is 2. The summed E-state index contributed by atoms with van der Waals surface area (Å²) in [5, 5.41) is 9.94. The van der Waals surface area contributed by atoms with Crippen LogP contribution >= 0.6 is 0 Å².